The molecule has 10 heteroatoms. The highest BCUT2D eigenvalue weighted by Crippen LogP contribution is 2.41. The Hall–Kier alpha value is -2.00. The lowest BCUT2D eigenvalue weighted by atomic mass is 9.97. The van der Waals surface area contributed by atoms with E-state index in [2.05, 4.69) is 4.74 Å². The van der Waals surface area contributed by atoms with Gasteiger partial charge in [0.15, 0.2) is 0 Å². The first-order valence-corrected chi connectivity index (χ1v) is 5.41. The Labute approximate surface area is 112 Å². The Bertz CT molecular complexity index is 579. The predicted molar refractivity (Wildman–Crippen MR) is 53.6 cm³/mol. The standard InChI is InChI=1S/C11H6F7NO2/c12-6-2-4(10(13,14)15)1-5(11(16,17)18)8(6)7-3-21-9(20)19-7/h1-2,7H,3H2,(H,19,20)/t7-/m1/s1. The zero-order valence-electron chi connectivity index (χ0n) is 9.90. The SMILES string of the molecule is O=C1N[C@@H](c2c(F)cc(C(F)(F)F)cc2C(F)(F)F)CO1. The maximum Gasteiger partial charge on any atom is 0.416 e. The molecule has 0 unspecified atom stereocenters. The smallest absolute Gasteiger partial charge is 0.416 e. The van der Waals surface area contributed by atoms with Crippen molar-refractivity contribution in [3.63, 3.8) is 0 Å². The summed E-state index contributed by atoms with van der Waals surface area (Å²) in [6.07, 6.45) is -11.4. The highest BCUT2D eigenvalue weighted by atomic mass is 19.4. The molecule has 0 spiro atoms. The van der Waals surface area contributed by atoms with E-state index < -0.39 is 53.6 Å². The number of cyclic esters (lactones) is 1. The van der Waals surface area contributed by atoms with Gasteiger partial charge in [-0.05, 0) is 12.1 Å². The molecular weight excluding hydrogens is 311 g/mol. The van der Waals surface area contributed by atoms with Gasteiger partial charge in [-0.2, -0.15) is 26.3 Å². The molecule has 0 bridgehead atoms. The maximum absolute atomic E-state index is 13.7. The number of carbonyl (C=O) groups excluding carboxylic acids is 1. The van der Waals surface area contributed by atoms with Crippen molar-refractivity contribution in [2.45, 2.75) is 18.4 Å². The van der Waals surface area contributed by atoms with Crippen molar-refractivity contribution in [3.05, 3.63) is 34.6 Å². The van der Waals surface area contributed by atoms with Crippen molar-refractivity contribution in [2.24, 2.45) is 0 Å². The van der Waals surface area contributed by atoms with Gasteiger partial charge >= 0.3 is 18.4 Å². The number of halogens is 7. The van der Waals surface area contributed by atoms with E-state index in [0.29, 0.717) is 0 Å². The van der Waals surface area contributed by atoms with Crippen molar-refractivity contribution in [1.29, 1.82) is 0 Å². The van der Waals surface area contributed by atoms with Crippen molar-refractivity contribution < 1.29 is 40.3 Å². The van der Waals surface area contributed by atoms with Crippen molar-refractivity contribution in [2.75, 3.05) is 6.61 Å². The number of hydrogen-bond acceptors (Lipinski definition) is 2. The van der Waals surface area contributed by atoms with E-state index in [9.17, 15) is 35.5 Å². The minimum atomic E-state index is -5.22. The first-order chi connectivity index (χ1) is 9.50. The molecule has 1 fully saturated rings. The third-order valence-electron chi connectivity index (χ3n) is 2.78. The average Bonchev–Trinajstić information content (AvgIpc) is 2.72. The third-order valence-corrected chi connectivity index (χ3v) is 2.78. The molecule has 21 heavy (non-hydrogen) atoms. The van der Waals surface area contributed by atoms with Gasteiger partial charge in [-0.25, -0.2) is 9.18 Å². The highest BCUT2D eigenvalue weighted by molar-refractivity contribution is 5.70. The second kappa shape index (κ2) is 4.78. The quantitative estimate of drug-likeness (QED) is 0.803. The topological polar surface area (TPSA) is 38.3 Å². The van der Waals surface area contributed by atoms with Gasteiger partial charge in [-0.1, -0.05) is 0 Å². The van der Waals surface area contributed by atoms with Gasteiger partial charge in [0.1, 0.15) is 12.4 Å². The monoisotopic (exact) mass is 317 g/mol. The van der Waals surface area contributed by atoms with E-state index in [1.165, 1.54) is 0 Å². The molecule has 1 heterocycles. The van der Waals surface area contributed by atoms with Crippen LogP contribution in [0.4, 0.5) is 35.5 Å². The van der Waals surface area contributed by atoms with Gasteiger partial charge in [-0.3, -0.25) is 0 Å². The van der Waals surface area contributed by atoms with Crippen LogP contribution in [0.5, 0.6) is 0 Å². The van der Waals surface area contributed by atoms with Crippen LogP contribution in [0.1, 0.15) is 22.7 Å². The number of alkyl halides is 6. The number of amides is 1. The molecule has 2 rings (SSSR count). The summed E-state index contributed by atoms with van der Waals surface area (Å²) >= 11 is 0. The fourth-order valence-corrected chi connectivity index (χ4v) is 1.91. The molecule has 1 aromatic carbocycles. The van der Waals surface area contributed by atoms with Crippen LogP contribution in [0.3, 0.4) is 0 Å². The van der Waals surface area contributed by atoms with Gasteiger partial charge in [-0.15, -0.1) is 0 Å². The van der Waals surface area contributed by atoms with E-state index in [-0.39, 0.29) is 12.1 Å². The zero-order valence-corrected chi connectivity index (χ0v) is 9.90. The molecule has 1 amide bonds. The van der Waals surface area contributed by atoms with Gasteiger partial charge in [0.05, 0.1) is 17.2 Å². The van der Waals surface area contributed by atoms with Crippen LogP contribution in [0, 0.1) is 5.82 Å². The van der Waals surface area contributed by atoms with Crippen LogP contribution in [-0.2, 0) is 17.1 Å². The number of carbonyl (C=O) groups is 1. The van der Waals surface area contributed by atoms with E-state index in [1.807, 2.05) is 5.32 Å². The van der Waals surface area contributed by atoms with Crippen LogP contribution in [-0.4, -0.2) is 12.7 Å². The summed E-state index contributed by atoms with van der Waals surface area (Å²) in [5.74, 6) is -1.71. The highest BCUT2D eigenvalue weighted by Gasteiger charge is 2.42. The molecule has 1 aromatic rings. The van der Waals surface area contributed by atoms with E-state index in [1.54, 1.807) is 0 Å². The van der Waals surface area contributed by atoms with Crippen molar-refractivity contribution in [1.82, 2.24) is 5.32 Å². The number of nitrogens with one attached hydrogen (secondary N) is 1. The third kappa shape index (κ3) is 3.03. The van der Waals surface area contributed by atoms with E-state index in [0.717, 1.165) is 0 Å². The molecule has 1 aliphatic rings. The van der Waals surface area contributed by atoms with Crippen LogP contribution >= 0.6 is 0 Å². The minimum absolute atomic E-state index is 0.0466. The van der Waals surface area contributed by atoms with Gasteiger partial charge in [0, 0.05) is 5.56 Å². The lowest BCUT2D eigenvalue weighted by Gasteiger charge is -2.19. The van der Waals surface area contributed by atoms with Gasteiger partial charge in [0.25, 0.3) is 0 Å². The molecule has 116 valence electrons. The summed E-state index contributed by atoms with van der Waals surface area (Å²) in [4.78, 5) is 10.8. The number of rotatable bonds is 1. The Balaban J connectivity index is 2.61. The number of hydrogen-bond donors (Lipinski definition) is 1. The predicted octanol–water partition coefficient (Wildman–Crippen LogP) is 3.64. The lowest BCUT2D eigenvalue weighted by molar-refractivity contribution is -0.144. The maximum atomic E-state index is 13.7. The van der Waals surface area contributed by atoms with Crippen molar-refractivity contribution in [3.8, 4) is 0 Å². The first kappa shape index (κ1) is 15.4. The fourth-order valence-electron chi connectivity index (χ4n) is 1.91. The van der Waals surface area contributed by atoms with E-state index >= 15 is 0 Å². The lowest BCUT2D eigenvalue weighted by Crippen LogP contribution is -2.24. The molecule has 1 saturated heterocycles. The molecule has 0 aromatic heterocycles. The zero-order chi connectivity index (χ0) is 16.0. The molecule has 0 aliphatic carbocycles. The summed E-state index contributed by atoms with van der Waals surface area (Å²) in [7, 11) is 0. The number of ether oxygens (including phenoxy) is 1. The largest absolute Gasteiger partial charge is 0.447 e. The second-order valence-electron chi connectivity index (χ2n) is 4.21. The van der Waals surface area contributed by atoms with Crippen molar-refractivity contribution >= 4 is 6.09 Å². The second-order valence-corrected chi connectivity index (χ2v) is 4.21. The molecule has 3 nitrogen and oxygen atoms in total. The van der Waals surface area contributed by atoms with Crippen LogP contribution in [0.15, 0.2) is 12.1 Å². The fraction of sp³-hybridized carbons (Fsp3) is 0.364. The van der Waals surface area contributed by atoms with Gasteiger partial charge < -0.3 is 10.1 Å². The summed E-state index contributed by atoms with van der Waals surface area (Å²) < 4.78 is 94.1. The average molecular weight is 317 g/mol. The van der Waals surface area contributed by atoms with Crippen LogP contribution in [0.25, 0.3) is 0 Å². The normalized spacial score (nSPS) is 19.4. The Morgan fingerprint density at radius 2 is 1.71 bits per heavy atom. The molecular formula is C11H6F7NO2. The molecule has 1 atom stereocenters. The van der Waals surface area contributed by atoms with Crippen LogP contribution in [0.2, 0.25) is 0 Å². The molecule has 1 aliphatic heterocycles. The number of alkyl carbamates (subject to hydrolysis) is 1. The molecule has 0 radical (unpaired) electrons. The minimum Gasteiger partial charge on any atom is -0.447 e. The summed E-state index contributed by atoms with van der Waals surface area (Å²) in [5, 5.41) is 1.90. The summed E-state index contributed by atoms with van der Waals surface area (Å²) in [5.41, 5.74) is -4.65. The Kier molecular flexibility index (Phi) is 3.50. The first-order valence-electron chi connectivity index (χ1n) is 5.41. The Morgan fingerprint density at radius 1 is 1.10 bits per heavy atom. The van der Waals surface area contributed by atoms with Crippen LogP contribution < -0.4 is 5.32 Å². The number of benzene rings is 1. The molecule has 1 N–H and O–H groups in total. The molecule has 0 saturated carbocycles. The summed E-state index contributed by atoms with van der Waals surface area (Å²) in [6.45, 7) is -0.607. The summed E-state index contributed by atoms with van der Waals surface area (Å²) in [6, 6.07) is -1.74. The van der Waals surface area contributed by atoms with E-state index in [4.69, 9.17) is 0 Å². The van der Waals surface area contributed by atoms with Gasteiger partial charge in [0.2, 0.25) is 0 Å². The Morgan fingerprint density at radius 3 is 2.14 bits per heavy atom.